The van der Waals surface area contributed by atoms with Gasteiger partial charge in [-0.05, 0) is 33.2 Å². The van der Waals surface area contributed by atoms with Crippen LogP contribution in [0.1, 0.15) is 40.0 Å². The summed E-state index contributed by atoms with van der Waals surface area (Å²) in [5.74, 6) is 0. The van der Waals surface area contributed by atoms with Gasteiger partial charge in [0.05, 0.1) is 11.7 Å². The van der Waals surface area contributed by atoms with Crippen LogP contribution in [0, 0.1) is 0 Å². The number of hydrogen-bond acceptors (Lipinski definition) is 3. The summed E-state index contributed by atoms with van der Waals surface area (Å²) in [6.07, 6.45) is 3.57. The molecule has 1 heterocycles. The van der Waals surface area contributed by atoms with Crippen LogP contribution in [0.25, 0.3) is 0 Å². The van der Waals surface area contributed by atoms with Crippen molar-refractivity contribution in [1.29, 1.82) is 0 Å². The fourth-order valence-electron chi connectivity index (χ4n) is 2.13. The Labute approximate surface area is 93.5 Å². The highest BCUT2D eigenvalue weighted by Crippen LogP contribution is 2.24. The number of hydrogen-bond donors (Lipinski definition) is 1. The first-order valence-electron chi connectivity index (χ1n) is 5.97. The van der Waals surface area contributed by atoms with Gasteiger partial charge in [0, 0.05) is 26.2 Å². The summed E-state index contributed by atoms with van der Waals surface area (Å²) in [6.45, 7) is 8.32. The van der Waals surface area contributed by atoms with Gasteiger partial charge in [-0.2, -0.15) is 0 Å². The van der Waals surface area contributed by atoms with E-state index in [-0.39, 0.29) is 5.60 Å². The number of rotatable bonds is 5. The molecule has 0 amide bonds. The maximum atomic E-state index is 5.77. The van der Waals surface area contributed by atoms with Crippen LogP contribution in [0.5, 0.6) is 0 Å². The fourth-order valence-corrected chi connectivity index (χ4v) is 2.13. The van der Waals surface area contributed by atoms with Crippen molar-refractivity contribution in [3.8, 4) is 0 Å². The maximum absolute atomic E-state index is 5.77. The van der Waals surface area contributed by atoms with E-state index in [1.807, 2.05) is 0 Å². The van der Waals surface area contributed by atoms with Crippen molar-refractivity contribution in [3.63, 3.8) is 0 Å². The van der Waals surface area contributed by atoms with E-state index in [1.165, 1.54) is 0 Å². The molecule has 0 aromatic rings. The molecule has 3 heteroatoms. The van der Waals surface area contributed by atoms with Gasteiger partial charge in [0.2, 0.25) is 0 Å². The number of nitrogens with one attached hydrogen (secondary N) is 1. The van der Waals surface area contributed by atoms with E-state index in [0.29, 0.717) is 12.1 Å². The normalized spacial score (nSPS) is 28.0. The molecule has 1 aliphatic rings. The summed E-state index contributed by atoms with van der Waals surface area (Å²) in [6, 6.07) is 0.626. The molecule has 90 valence electrons. The molecule has 3 nitrogen and oxygen atoms in total. The molecule has 2 unspecified atom stereocenters. The van der Waals surface area contributed by atoms with E-state index >= 15 is 0 Å². The molecule has 15 heavy (non-hydrogen) atoms. The Morgan fingerprint density at radius 1 is 1.47 bits per heavy atom. The standard InChI is InChI=1S/C12H25NO2/c1-5-13-10-6-7-15-11(8-10)9-12(2,3)14-4/h10-11,13H,5-9H2,1-4H3. The zero-order chi connectivity index (χ0) is 11.3. The molecule has 0 aromatic heterocycles. The van der Waals surface area contributed by atoms with Crippen molar-refractivity contribution in [2.24, 2.45) is 0 Å². The van der Waals surface area contributed by atoms with E-state index in [2.05, 4.69) is 26.1 Å². The van der Waals surface area contributed by atoms with E-state index < -0.39 is 0 Å². The molecule has 0 aromatic carbocycles. The maximum Gasteiger partial charge on any atom is 0.0647 e. The van der Waals surface area contributed by atoms with Gasteiger partial charge in [0.25, 0.3) is 0 Å². The molecular formula is C12H25NO2. The van der Waals surface area contributed by atoms with E-state index in [9.17, 15) is 0 Å². The SMILES string of the molecule is CCNC1CCOC(CC(C)(C)OC)C1. The quantitative estimate of drug-likeness (QED) is 0.760. The van der Waals surface area contributed by atoms with Crippen LogP contribution in [-0.2, 0) is 9.47 Å². The van der Waals surface area contributed by atoms with Crippen LogP contribution >= 0.6 is 0 Å². The van der Waals surface area contributed by atoms with Crippen molar-refractivity contribution in [3.05, 3.63) is 0 Å². The first-order chi connectivity index (χ1) is 7.07. The minimum atomic E-state index is -0.0707. The lowest BCUT2D eigenvalue weighted by Gasteiger charge is -2.34. The van der Waals surface area contributed by atoms with E-state index in [0.717, 1.165) is 32.4 Å². The van der Waals surface area contributed by atoms with E-state index in [1.54, 1.807) is 7.11 Å². The van der Waals surface area contributed by atoms with Crippen molar-refractivity contribution >= 4 is 0 Å². The Morgan fingerprint density at radius 2 is 2.20 bits per heavy atom. The van der Waals surface area contributed by atoms with Gasteiger partial charge in [-0.15, -0.1) is 0 Å². The molecule has 1 rings (SSSR count). The zero-order valence-corrected chi connectivity index (χ0v) is 10.5. The van der Waals surface area contributed by atoms with Gasteiger partial charge in [-0.3, -0.25) is 0 Å². The van der Waals surface area contributed by atoms with Gasteiger partial charge in [0.15, 0.2) is 0 Å². The molecule has 1 aliphatic heterocycles. The lowest BCUT2D eigenvalue weighted by atomic mass is 9.93. The second-order valence-corrected chi connectivity index (χ2v) is 4.94. The molecule has 1 saturated heterocycles. The summed E-state index contributed by atoms with van der Waals surface area (Å²) in [5, 5.41) is 3.50. The van der Waals surface area contributed by atoms with Crippen LogP contribution in [0.4, 0.5) is 0 Å². The zero-order valence-electron chi connectivity index (χ0n) is 10.5. The van der Waals surface area contributed by atoms with Gasteiger partial charge in [0.1, 0.15) is 0 Å². The molecule has 1 N–H and O–H groups in total. The summed E-state index contributed by atoms with van der Waals surface area (Å²) >= 11 is 0. The minimum absolute atomic E-state index is 0.0707. The number of ether oxygens (including phenoxy) is 2. The Balaban J connectivity index is 2.36. The molecule has 0 bridgehead atoms. The van der Waals surface area contributed by atoms with Crippen LogP contribution in [0.3, 0.4) is 0 Å². The third-order valence-electron chi connectivity index (χ3n) is 3.13. The monoisotopic (exact) mass is 215 g/mol. The highest BCUT2D eigenvalue weighted by molar-refractivity contribution is 4.81. The molecular weight excluding hydrogens is 190 g/mol. The third-order valence-corrected chi connectivity index (χ3v) is 3.13. The lowest BCUT2D eigenvalue weighted by molar-refractivity contribution is -0.0654. The predicted octanol–water partition coefficient (Wildman–Crippen LogP) is 1.96. The Bertz CT molecular complexity index is 180. The molecule has 0 spiro atoms. The fraction of sp³-hybridized carbons (Fsp3) is 1.00. The van der Waals surface area contributed by atoms with Crippen LogP contribution < -0.4 is 5.32 Å². The highest BCUT2D eigenvalue weighted by atomic mass is 16.5. The smallest absolute Gasteiger partial charge is 0.0647 e. The molecule has 0 radical (unpaired) electrons. The van der Waals surface area contributed by atoms with Crippen molar-refractivity contribution in [2.75, 3.05) is 20.3 Å². The second-order valence-electron chi connectivity index (χ2n) is 4.94. The van der Waals surface area contributed by atoms with Gasteiger partial charge < -0.3 is 14.8 Å². The van der Waals surface area contributed by atoms with Crippen molar-refractivity contribution in [2.45, 2.75) is 57.8 Å². The van der Waals surface area contributed by atoms with Crippen LogP contribution in [0.15, 0.2) is 0 Å². The van der Waals surface area contributed by atoms with Gasteiger partial charge in [-0.1, -0.05) is 6.92 Å². The van der Waals surface area contributed by atoms with Gasteiger partial charge >= 0.3 is 0 Å². The highest BCUT2D eigenvalue weighted by Gasteiger charge is 2.28. The average Bonchev–Trinajstić information content (AvgIpc) is 2.18. The molecule has 0 saturated carbocycles. The first-order valence-corrected chi connectivity index (χ1v) is 5.97. The van der Waals surface area contributed by atoms with Crippen molar-refractivity contribution in [1.82, 2.24) is 5.32 Å². The molecule has 2 atom stereocenters. The topological polar surface area (TPSA) is 30.5 Å². The van der Waals surface area contributed by atoms with E-state index in [4.69, 9.17) is 9.47 Å². The van der Waals surface area contributed by atoms with Crippen LogP contribution in [0.2, 0.25) is 0 Å². The largest absolute Gasteiger partial charge is 0.379 e. The van der Waals surface area contributed by atoms with Crippen LogP contribution in [-0.4, -0.2) is 38.0 Å². The predicted molar refractivity (Wildman–Crippen MR) is 62.1 cm³/mol. The molecule has 1 fully saturated rings. The van der Waals surface area contributed by atoms with Crippen molar-refractivity contribution < 1.29 is 9.47 Å². The summed E-state index contributed by atoms with van der Waals surface area (Å²) in [5.41, 5.74) is -0.0707. The third kappa shape index (κ3) is 4.49. The Hall–Kier alpha value is -0.120. The number of methoxy groups -OCH3 is 1. The minimum Gasteiger partial charge on any atom is -0.379 e. The second kappa shape index (κ2) is 5.83. The average molecular weight is 215 g/mol. The molecule has 0 aliphatic carbocycles. The van der Waals surface area contributed by atoms with Gasteiger partial charge in [-0.25, -0.2) is 0 Å². The Kier molecular flexibility index (Phi) is 5.03. The summed E-state index contributed by atoms with van der Waals surface area (Å²) < 4.78 is 11.2. The summed E-state index contributed by atoms with van der Waals surface area (Å²) in [7, 11) is 1.77. The summed E-state index contributed by atoms with van der Waals surface area (Å²) in [4.78, 5) is 0. The first kappa shape index (κ1) is 12.9. The lowest BCUT2D eigenvalue weighted by Crippen LogP contribution is -2.41. The Morgan fingerprint density at radius 3 is 2.80 bits per heavy atom.